The molecule has 0 radical (unpaired) electrons. The first kappa shape index (κ1) is 40.1. The number of halogens is 1. The first-order valence-corrected chi connectivity index (χ1v) is 17.0. The van der Waals surface area contributed by atoms with Crippen LogP contribution in [0.15, 0.2) is 0 Å². The van der Waals surface area contributed by atoms with Gasteiger partial charge in [-0.25, -0.2) is 0 Å². The minimum Gasteiger partial charge on any atom is -0.462 e. The van der Waals surface area contributed by atoms with Gasteiger partial charge in [0, 0.05) is 19.0 Å². The molecule has 0 bridgehead atoms. The van der Waals surface area contributed by atoms with Crippen LogP contribution in [0.3, 0.4) is 0 Å². The molecular formula is C34H56BrNO10. The zero-order valence-corrected chi connectivity index (χ0v) is 31.7. The largest absolute Gasteiger partial charge is 0.462 e. The Hall–Kier alpha value is -2.05. The van der Waals surface area contributed by atoms with Gasteiger partial charge in [0.05, 0.1) is 26.5 Å². The number of piperidine rings is 1. The lowest BCUT2D eigenvalue weighted by Crippen LogP contribution is -2.70. The molecule has 0 aromatic carbocycles. The number of esters is 4. The molecule has 2 fully saturated rings. The smallest absolute Gasteiger partial charge is 0.311 e. The summed E-state index contributed by atoms with van der Waals surface area (Å²) in [6, 6.07) is -0.326. The van der Waals surface area contributed by atoms with Crippen molar-refractivity contribution in [2.45, 2.75) is 145 Å². The molecule has 0 aromatic rings. The summed E-state index contributed by atoms with van der Waals surface area (Å²) in [5.41, 5.74) is -3.72. The number of hydrogen-bond acceptors (Lipinski definition) is 11. The van der Waals surface area contributed by atoms with Crippen LogP contribution in [0.25, 0.3) is 0 Å². The molecule has 2 heterocycles. The van der Waals surface area contributed by atoms with E-state index in [4.69, 9.17) is 23.7 Å². The van der Waals surface area contributed by atoms with Crippen LogP contribution in [0.4, 0.5) is 0 Å². The van der Waals surface area contributed by atoms with Crippen LogP contribution in [0.5, 0.6) is 0 Å². The van der Waals surface area contributed by atoms with Gasteiger partial charge >= 0.3 is 23.9 Å². The number of rotatable bonds is 7. The summed E-state index contributed by atoms with van der Waals surface area (Å²) < 4.78 is 30.8. The Morgan fingerprint density at radius 2 is 1.15 bits per heavy atom. The lowest BCUT2D eigenvalue weighted by atomic mass is 9.88. The second-order valence-electron chi connectivity index (χ2n) is 16.9. The highest BCUT2D eigenvalue weighted by Gasteiger charge is 2.57. The van der Waals surface area contributed by atoms with Gasteiger partial charge in [0.15, 0.2) is 24.5 Å². The zero-order chi connectivity index (χ0) is 35.7. The number of carbonyl (C=O) groups excluding carboxylic acids is 5. The third kappa shape index (κ3) is 10.2. The molecule has 11 nitrogen and oxygen atoms in total. The predicted octanol–water partition coefficient (Wildman–Crippen LogP) is 5.24. The molecule has 46 heavy (non-hydrogen) atoms. The topological polar surface area (TPSA) is 135 Å². The molecule has 2 aliphatic rings. The number of Topliss-reactive ketones (excluding diaryl/α,β-unsaturated/α-hetero) is 1. The average Bonchev–Trinajstić information content (AvgIpc) is 2.88. The van der Waals surface area contributed by atoms with Gasteiger partial charge in [-0.05, 0) is 89.0 Å². The molecule has 0 spiro atoms. The molecule has 2 saturated heterocycles. The fraction of sp³-hybridized carbons (Fsp3) is 0.853. The van der Waals surface area contributed by atoms with Crippen molar-refractivity contribution in [2.24, 2.45) is 27.6 Å². The lowest BCUT2D eigenvalue weighted by Gasteiger charge is -2.52. The van der Waals surface area contributed by atoms with Crippen LogP contribution in [0, 0.1) is 27.6 Å². The van der Waals surface area contributed by atoms with Gasteiger partial charge in [-0.1, -0.05) is 29.8 Å². The summed E-state index contributed by atoms with van der Waals surface area (Å²) in [5.74, 6) is -2.33. The molecule has 0 saturated carbocycles. The maximum Gasteiger partial charge on any atom is 0.311 e. The highest BCUT2D eigenvalue weighted by atomic mass is 79.9. The van der Waals surface area contributed by atoms with E-state index in [1.807, 2.05) is 18.7 Å². The van der Waals surface area contributed by atoms with E-state index in [9.17, 15) is 24.0 Å². The Kier molecular flexibility index (Phi) is 12.7. The molecule has 2 aliphatic heterocycles. The van der Waals surface area contributed by atoms with E-state index in [0.29, 0.717) is 0 Å². The summed E-state index contributed by atoms with van der Waals surface area (Å²) in [7, 11) is 0. The van der Waals surface area contributed by atoms with Gasteiger partial charge in [0.1, 0.15) is 18.5 Å². The predicted molar refractivity (Wildman–Crippen MR) is 175 cm³/mol. The SMILES string of the molecule is CC(C)[C@@H]1CC(=O)[C@@H](Br)CN1[C@@H]1O[C@H](COC(=O)C(C)(C)C)[C@H](OC(=O)C(C)(C)C)[C@H](OC(=O)C(C)(C)C)[C@H]1OC(=O)C(C)(C)C. The fourth-order valence-electron chi connectivity index (χ4n) is 4.76. The van der Waals surface area contributed by atoms with E-state index in [2.05, 4.69) is 15.9 Å². The van der Waals surface area contributed by atoms with Crippen LogP contribution >= 0.6 is 15.9 Å². The van der Waals surface area contributed by atoms with Crippen LogP contribution in [0.2, 0.25) is 0 Å². The van der Waals surface area contributed by atoms with Gasteiger partial charge < -0.3 is 23.7 Å². The number of ketones is 1. The van der Waals surface area contributed by atoms with Crippen molar-refractivity contribution in [2.75, 3.05) is 13.2 Å². The zero-order valence-electron chi connectivity index (χ0n) is 30.1. The average molecular weight is 719 g/mol. The first-order chi connectivity index (χ1) is 20.7. The van der Waals surface area contributed by atoms with Crippen molar-refractivity contribution in [1.82, 2.24) is 4.90 Å². The molecule has 2 rings (SSSR count). The minimum atomic E-state index is -1.35. The summed E-state index contributed by atoms with van der Waals surface area (Å²) in [6.07, 6.45) is -5.92. The van der Waals surface area contributed by atoms with E-state index in [0.717, 1.165) is 0 Å². The number of carbonyl (C=O) groups is 5. The van der Waals surface area contributed by atoms with Gasteiger partial charge in [-0.15, -0.1) is 0 Å². The maximum absolute atomic E-state index is 13.5. The van der Waals surface area contributed by atoms with Gasteiger partial charge in [-0.3, -0.25) is 28.9 Å². The minimum absolute atomic E-state index is 0.0179. The molecule has 0 unspecified atom stereocenters. The Morgan fingerprint density at radius 1 is 0.739 bits per heavy atom. The maximum atomic E-state index is 13.5. The van der Waals surface area contributed by atoms with Crippen LogP contribution in [-0.2, 0) is 47.7 Å². The second-order valence-corrected chi connectivity index (χ2v) is 18.0. The van der Waals surface area contributed by atoms with Crippen molar-refractivity contribution < 1.29 is 47.7 Å². The Morgan fingerprint density at radius 3 is 1.57 bits per heavy atom. The standard InChI is InChI=1S/C34H56BrNO10/c1-18(2)20-15-21(37)19(35)16-36(20)26-25(46-30(41)34(12,13)14)24(45-29(40)33(9,10)11)23(44-28(39)32(6,7)8)22(43-26)17-42-27(38)31(3,4)5/h18-20,22-26H,15-17H2,1-14H3/t19-,20-,22+,23-,24-,25+,26+/m0/s1. The Bertz CT molecular complexity index is 1140. The molecule has 0 aliphatic carbocycles. The molecule has 0 N–H and O–H groups in total. The Balaban J connectivity index is 2.83. The number of ether oxygens (including phenoxy) is 5. The number of hydrogen-bond donors (Lipinski definition) is 0. The van der Waals surface area contributed by atoms with E-state index in [-0.39, 0.29) is 37.3 Å². The van der Waals surface area contributed by atoms with E-state index in [1.54, 1.807) is 83.1 Å². The van der Waals surface area contributed by atoms with E-state index < -0.39 is 81.0 Å². The summed E-state index contributed by atoms with van der Waals surface area (Å²) >= 11 is 3.50. The number of alkyl halides is 1. The summed E-state index contributed by atoms with van der Waals surface area (Å²) in [5, 5.41) is 0. The van der Waals surface area contributed by atoms with Crippen molar-refractivity contribution in [3.63, 3.8) is 0 Å². The summed E-state index contributed by atoms with van der Waals surface area (Å²) in [6.45, 7) is 24.1. The van der Waals surface area contributed by atoms with Crippen LogP contribution < -0.4 is 0 Å². The third-order valence-corrected chi connectivity index (χ3v) is 8.62. The van der Waals surface area contributed by atoms with E-state index >= 15 is 0 Å². The molecule has 264 valence electrons. The van der Waals surface area contributed by atoms with Gasteiger partial charge in [0.25, 0.3) is 0 Å². The molecular weight excluding hydrogens is 662 g/mol. The van der Waals surface area contributed by atoms with Gasteiger partial charge in [0.2, 0.25) is 0 Å². The molecule has 12 heteroatoms. The monoisotopic (exact) mass is 717 g/mol. The second kappa shape index (κ2) is 14.6. The van der Waals surface area contributed by atoms with Crippen LogP contribution in [-0.4, -0.2) is 89.2 Å². The first-order valence-electron chi connectivity index (χ1n) is 16.0. The quantitative estimate of drug-likeness (QED) is 0.194. The van der Waals surface area contributed by atoms with Gasteiger partial charge in [-0.2, -0.15) is 0 Å². The normalized spacial score (nSPS) is 28.4. The van der Waals surface area contributed by atoms with Crippen molar-refractivity contribution >= 4 is 45.6 Å². The molecule has 0 aromatic heterocycles. The molecule has 7 atom stereocenters. The molecule has 0 amide bonds. The fourth-order valence-corrected chi connectivity index (χ4v) is 5.28. The van der Waals surface area contributed by atoms with Crippen molar-refractivity contribution in [1.29, 1.82) is 0 Å². The third-order valence-electron chi connectivity index (χ3n) is 7.82. The highest BCUT2D eigenvalue weighted by molar-refractivity contribution is 9.10. The lowest BCUT2D eigenvalue weighted by molar-refractivity contribution is -0.289. The Labute approximate surface area is 283 Å². The summed E-state index contributed by atoms with van der Waals surface area (Å²) in [4.78, 5) is 67.7. The van der Waals surface area contributed by atoms with Crippen LogP contribution in [0.1, 0.15) is 103 Å². The highest BCUT2D eigenvalue weighted by Crippen LogP contribution is 2.38. The number of nitrogens with zero attached hydrogens (tertiary/aromatic N) is 1. The van der Waals surface area contributed by atoms with Crippen molar-refractivity contribution in [3.8, 4) is 0 Å². The number of likely N-dealkylation sites (tertiary alicyclic amines) is 1. The van der Waals surface area contributed by atoms with Crippen molar-refractivity contribution in [3.05, 3.63) is 0 Å². The van der Waals surface area contributed by atoms with E-state index in [1.165, 1.54) is 0 Å².